The van der Waals surface area contributed by atoms with Gasteiger partial charge in [0.1, 0.15) is 5.75 Å². The van der Waals surface area contributed by atoms with Crippen LogP contribution in [0.2, 0.25) is 0 Å². The maximum absolute atomic E-state index is 11.7. The fraction of sp³-hybridized carbons (Fsp3) is 0.304. The fourth-order valence-corrected chi connectivity index (χ4v) is 4.25. The van der Waals surface area contributed by atoms with E-state index in [0.29, 0.717) is 5.92 Å². The zero-order valence-electron chi connectivity index (χ0n) is 16.0. The van der Waals surface area contributed by atoms with Gasteiger partial charge >= 0.3 is 0 Å². The molecule has 0 bridgehead atoms. The van der Waals surface area contributed by atoms with Crippen LogP contribution < -0.4 is 4.74 Å². The summed E-state index contributed by atoms with van der Waals surface area (Å²) in [6, 6.07) is 16.8. The molecule has 0 aromatic heterocycles. The molecule has 2 aromatic rings. The van der Waals surface area contributed by atoms with E-state index >= 15 is 0 Å². The van der Waals surface area contributed by atoms with Gasteiger partial charge in [0.2, 0.25) is 0 Å². The summed E-state index contributed by atoms with van der Waals surface area (Å²) in [4.78, 5) is 11.7. The lowest BCUT2D eigenvalue weighted by Crippen LogP contribution is -2.28. The SMILES string of the molecule is COc1ccc2c(c1)C1=NN(/C(C)=C\C(C)=O)[C@H](c3ccccc3)[C@H]1CC2. The average molecular weight is 360 g/mol. The van der Waals surface area contributed by atoms with Crippen LogP contribution in [0.1, 0.15) is 43.0 Å². The molecule has 1 heterocycles. The van der Waals surface area contributed by atoms with Crippen molar-refractivity contribution < 1.29 is 9.53 Å². The molecule has 0 saturated heterocycles. The molecule has 0 spiro atoms. The van der Waals surface area contributed by atoms with Crippen LogP contribution in [0, 0.1) is 5.92 Å². The zero-order valence-corrected chi connectivity index (χ0v) is 16.0. The maximum atomic E-state index is 11.7. The number of hydrazone groups is 1. The van der Waals surface area contributed by atoms with Crippen molar-refractivity contribution in [2.75, 3.05) is 7.11 Å². The van der Waals surface area contributed by atoms with Gasteiger partial charge in [-0.05, 0) is 49.9 Å². The molecular formula is C23H24N2O2. The molecule has 0 fully saturated rings. The Kier molecular flexibility index (Phi) is 4.56. The standard InChI is InChI=1S/C23H24N2O2/c1-15(13-16(2)26)25-23(18-7-5-4-6-8-18)20-12-10-17-9-11-19(27-3)14-21(17)22(20)24-25/h4-9,11,13-14,20,23H,10,12H2,1-3H3/b15-13-/t20-,23+/m0/s1. The van der Waals surface area contributed by atoms with E-state index in [1.54, 1.807) is 20.1 Å². The largest absolute Gasteiger partial charge is 0.497 e. The normalized spacial score (nSPS) is 21.4. The highest BCUT2D eigenvalue weighted by Gasteiger charge is 2.42. The van der Waals surface area contributed by atoms with Crippen molar-refractivity contribution in [1.29, 1.82) is 0 Å². The zero-order chi connectivity index (χ0) is 19.0. The number of ether oxygens (including phenoxy) is 1. The highest BCUT2D eigenvalue weighted by Crippen LogP contribution is 2.45. The van der Waals surface area contributed by atoms with Crippen molar-refractivity contribution >= 4 is 11.5 Å². The predicted molar refractivity (Wildman–Crippen MR) is 107 cm³/mol. The molecule has 0 saturated carbocycles. The highest BCUT2D eigenvalue weighted by atomic mass is 16.5. The van der Waals surface area contributed by atoms with Crippen LogP contribution in [0.15, 0.2) is 65.4 Å². The summed E-state index contributed by atoms with van der Waals surface area (Å²) in [7, 11) is 1.69. The Hall–Kier alpha value is -2.88. The van der Waals surface area contributed by atoms with Crippen molar-refractivity contribution in [1.82, 2.24) is 5.01 Å². The number of benzene rings is 2. The number of nitrogens with zero attached hydrogens (tertiary/aromatic N) is 2. The molecule has 4 rings (SSSR count). The first-order valence-electron chi connectivity index (χ1n) is 9.37. The molecule has 27 heavy (non-hydrogen) atoms. The first-order chi connectivity index (χ1) is 13.1. The van der Waals surface area contributed by atoms with Crippen LogP contribution in [-0.4, -0.2) is 23.6 Å². The number of fused-ring (bicyclic) bond motifs is 3. The summed E-state index contributed by atoms with van der Waals surface area (Å²) in [5.41, 5.74) is 5.68. The molecular weight excluding hydrogens is 336 g/mol. The average Bonchev–Trinajstić information content (AvgIpc) is 3.08. The van der Waals surface area contributed by atoms with Crippen molar-refractivity contribution in [3.8, 4) is 5.75 Å². The van der Waals surface area contributed by atoms with Gasteiger partial charge in [0.25, 0.3) is 0 Å². The van der Waals surface area contributed by atoms with Crippen LogP contribution in [0.25, 0.3) is 0 Å². The Balaban J connectivity index is 1.83. The van der Waals surface area contributed by atoms with Gasteiger partial charge in [0.15, 0.2) is 5.78 Å². The van der Waals surface area contributed by atoms with Crippen LogP contribution in [-0.2, 0) is 11.2 Å². The Bertz CT molecular complexity index is 931. The van der Waals surface area contributed by atoms with Crippen molar-refractivity contribution in [3.05, 3.63) is 77.0 Å². The highest BCUT2D eigenvalue weighted by molar-refractivity contribution is 6.06. The van der Waals surface area contributed by atoms with Gasteiger partial charge in [0.05, 0.1) is 18.9 Å². The van der Waals surface area contributed by atoms with E-state index in [-0.39, 0.29) is 11.8 Å². The number of rotatable bonds is 4. The minimum absolute atomic E-state index is 0.0384. The molecule has 0 radical (unpaired) electrons. The van der Waals surface area contributed by atoms with Gasteiger partial charge in [-0.1, -0.05) is 36.4 Å². The number of hydrogen-bond acceptors (Lipinski definition) is 4. The second-order valence-corrected chi connectivity index (χ2v) is 7.25. The first kappa shape index (κ1) is 17.5. The third-order valence-electron chi connectivity index (χ3n) is 5.44. The van der Waals surface area contributed by atoms with Crippen LogP contribution in [0.3, 0.4) is 0 Å². The number of hydrogen-bond donors (Lipinski definition) is 0. The van der Waals surface area contributed by atoms with E-state index in [9.17, 15) is 4.79 Å². The lowest BCUT2D eigenvalue weighted by molar-refractivity contribution is -0.112. The van der Waals surface area contributed by atoms with Gasteiger partial charge in [-0.15, -0.1) is 0 Å². The van der Waals surface area contributed by atoms with Gasteiger partial charge in [-0.25, -0.2) is 0 Å². The van der Waals surface area contributed by atoms with E-state index in [4.69, 9.17) is 9.84 Å². The van der Waals surface area contributed by atoms with Crippen LogP contribution in [0.4, 0.5) is 0 Å². The van der Waals surface area contributed by atoms with Crippen molar-refractivity contribution in [2.24, 2.45) is 11.0 Å². The second-order valence-electron chi connectivity index (χ2n) is 7.25. The molecule has 138 valence electrons. The second kappa shape index (κ2) is 7.03. The lowest BCUT2D eigenvalue weighted by atomic mass is 9.77. The third-order valence-corrected chi connectivity index (χ3v) is 5.44. The first-order valence-corrected chi connectivity index (χ1v) is 9.37. The summed E-state index contributed by atoms with van der Waals surface area (Å²) in [6.45, 7) is 3.54. The van der Waals surface area contributed by atoms with Crippen LogP contribution in [0.5, 0.6) is 5.75 Å². The lowest BCUT2D eigenvalue weighted by Gasteiger charge is -2.31. The molecule has 0 amide bonds. The van der Waals surface area contributed by atoms with Crippen molar-refractivity contribution in [2.45, 2.75) is 32.7 Å². The summed E-state index contributed by atoms with van der Waals surface area (Å²) < 4.78 is 5.44. The minimum atomic E-state index is 0.0384. The molecule has 1 aliphatic heterocycles. The fourth-order valence-electron chi connectivity index (χ4n) is 4.25. The Morgan fingerprint density at radius 1 is 1.19 bits per heavy atom. The van der Waals surface area contributed by atoms with E-state index < -0.39 is 0 Å². The summed E-state index contributed by atoms with van der Waals surface area (Å²) in [5.74, 6) is 1.18. The van der Waals surface area contributed by atoms with E-state index in [0.717, 1.165) is 30.0 Å². The number of allylic oxidation sites excluding steroid dienone is 2. The molecule has 0 unspecified atom stereocenters. The molecule has 2 aliphatic rings. The Morgan fingerprint density at radius 2 is 1.96 bits per heavy atom. The topological polar surface area (TPSA) is 41.9 Å². The smallest absolute Gasteiger partial charge is 0.154 e. The molecule has 2 atom stereocenters. The van der Waals surface area contributed by atoms with Gasteiger partial charge in [0, 0.05) is 23.3 Å². The summed E-state index contributed by atoms with van der Waals surface area (Å²) >= 11 is 0. The third kappa shape index (κ3) is 3.16. The van der Waals surface area contributed by atoms with Crippen molar-refractivity contribution in [3.63, 3.8) is 0 Å². The molecule has 1 aliphatic carbocycles. The minimum Gasteiger partial charge on any atom is -0.497 e. The van der Waals surface area contributed by atoms with Gasteiger partial charge in [-0.3, -0.25) is 9.80 Å². The Morgan fingerprint density at radius 3 is 2.67 bits per heavy atom. The summed E-state index contributed by atoms with van der Waals surface area (Å²) in [5, 5.41) is 7.04. The summed E-state index contributed by atoms with van der Waals surface area (Å²) in [6.07, 6.45) is 3.74. The quantitative estimate of drug-likeness (QED) is 0.753. The number of ketones is 1. The number of aryl methyl sites for hydroxylation is 1. The van der Waals surface area contributed by atoms with Gasteiger partial charge in [-0.2, -0.15) is 5.10 Å². The van der Waals surface area contributed by atoms with E-state index in [1.165, 1.54) is 16.7 Å². The number of carbonyl (C=O) groups excluding carboxylic acids is 1. The van der Waals surface area contributed by atoms with Crippen LogP contribution >= 0.6 is 0 Å². The number of carbonyl (C=O) groups is 1. The predicted octanol–water partition coefficient (Wildman–Crippen LogP) is 4.51. The molecule has 4 nitrogen and oxygen atoms in total. The van der Waals surface area contributed by atoms with E-state index in [1.807, 2.05) is 24.1 Å². The number of methoxy groups -OCH3 is 1. The molecule has 4 heteroatoms. The van der Waals surface area contributed by atoms with E-state index in [2.05, 4.69) is 36.4 Å². The Labute approximate surface area is 160 Å². The molecule has 0 N–H and O–H groups in total. The molecule has 2 aromatic carbocycles. The maximum Gasteiger partial charge on any atom is 0.154 e. The van der Waals surface area contributed by atoms with Gasteiger partial charge < -0.3 is 4.74 Å². The monoisotopic (exact) mass is 360 g/mol.